The lowest BCUT2D eigenvalue weighted by atomic mass is 9.74. The first-order valence-electron chi connectivity index (χ1n) is 8.76. The van der Waals surface area contributed by atoms with Crippen molar-refractivity contribution in [2.24, 2.45) is 11.3 Å². The van der Waals surface area contributed by atoms with Crippen LogP contribution in [0.5, 0.6) is 0 Å². The molecule has 0 unspecified atom stereocenters. The SMILES string of the molecule is CC(C)(C=C(F)B1OC(C)(C)C(C)(C)O1)CC1CCCCC1. The lowest BCUT2D eigenvalue weighted by Crippen LogP contribution is -2.41. The molecule has 0 aromatic carbocycles. The van der Waals surface area contributed by atoms with Crippen molar-refractivity contribution in [3.05, 3.63) is 11.8 Å². The summed E-state index contributed by atoms with van der Waals surface area (Å²) in [7, 11) is -0.865. The highest BCUT2D eigenvalue weighted by Crippen LogP contribution is 2.41. The number of allylic oxidation sites excluding steroid dienone is 1. The molecule has 2 aliphatic rings. The highest BCUT2D eigenvalue weighted by molar-refractivity contribution is 6.53. The Labute approximate surface area is 136 Å². The molecule has 1 saturated heterocycles. The van der Waals surface area contributed by atoms with Gasteiger partial charge in [0.05, 0.1) is 11.2 Å². The zero-order valence-corrected chi connectivity index (χ0v) is 15.2. The first-order valence-corrected chi connectivity index (χ1v) is 8.76. The van der Waals surface area contributed by atoms with E-state index in [1.165, 1.54) is 32.1 Å². The van der Waals surface area contributed by atoms with Crippen molar-refractivity contribution < 1.29 is 13.7 Å². The van der Waals surface area contributed by atoms with Gasteiger partial charge in [0.25, 0.3) is 0 Å². The smallest absolute Gasteiger partial charge is 0.398 e. The molecule has 2 nitrogen and oxygen atoms in total. The molecule has 22 heavy (non-hydrogen) atoms. The maximum Gasteiger partial charge on any atom is 0.524 e. The van der Waals surface area contributed by atoms with Crippen LogP contribution >= 0.6 is 0 Å². The van der Waals surface area contributed by atoms with E-state index >= 15 is 0 Å². The van der Waals surface area contributed by atoms with Gasteiger partial charge in [-0.05, 0) is 45.4 Å². The fourth-order valence-electron chi connectivity index (χ4n) is 3.59. The van der Waals surface area contributed by atoms with E-state index < -0.39 is 18.3 Å². The first-order chi connectivity index (χ1) is 10.0. The van der Waals surface area contributed by atoms with Gasteiger partial charge in [-0.3, -0.25) is 0 Å². The summed E-state index contributed by atoms with van der Waals surface area (Å²) in [4.78, 5) is 0. The summed E-state index contributed by atoms with van der Waals surface area (Å²) in [6, 6.07) is 0. The van der Waals surface area contributed by atoms with Crippen molar-refractivity contribution in [2.75, 3.05) is 0 Å². The second-order valence-electron chi connectivity index (χ2n) is 8.81. The molecule has 0 N–H and O–H groups in total. The Kier molecular flexibility index (Phi) is 5.14. The monoisotopic (exact) mass is 310 g/mol. The van der Waals surface area contributed by atoms with Crippen LogP contribution in [0.1, 0.15) is 80.1 Å². The van der Waals surface area contributed by atoms with Crippen molar-refractivity contribution in [1.29, 1.82) is 0 Å². The molecule has 0 aromatic heterocycles. The maximum absolute atomic E-state index is 14.7. The van der Waals surface area contributed by atoms with Gasteiger partial charge in [-0.25, -0.2) is 4.39 Å². The molecule has 126 valence electrons. The van der Waals surface area contributed by atoms with Gasteiger partial charge in [0, 0.05) is 0 Å². The van der Waals surface area contributed by atoms with Crippen LogP contribution in [0.25, 0.3) is 0 Å². The summed E-state index contributed by atoms with van der Waals surface area (Å²) < 4.78 is 26.2. The molecule has 0 amide bonds. The topological polar surface area (TPSA) is 18.5 Å². The summed E-state index contributed by atoms with van der Waals surface area (Å²) in [5.41, 5.74) is -1.41. The third-order valence-electron chi connectivity index (χ3n) is 5.55. The van der Waals surface area contributed by atoms with Gasteiger partial charge in [0.15, 0.2) is 0 Å². The Morgan fingerprint density at radius 1 is 1.09 bits per heavy atom. The van der Waals surface area contributed by atoms with Gasteiger partial charge < -0.3 is 9.31 Å². The van der Waals surface area contributed by atoms with Gasteiger partial charge in [0.2, 0.25) is 0 Å². The van der Waals surface area contributed by atoms with Crippen molar-refractivity contribution in [1.82, 2.24) is 0 Å². The summed E-state index contributed by atoms with van der Waals surface area (Å²) in [5, 5.41) is 0. The molecular formula is C18H32BFO2. The summed E-state index contributed by atoms with van der Waals surface area (Å²) in [6.07, 6.45) is 9.35. The predicted molar refractivity (Wildman–Crippen MR) is 90.2 cm³/mol. The number of halogens is 1. The first kappa shape index (κ1) is 18.0. The van der Waals surface area contributed by atoms with Gasteiger partial charge in [-0.2, -0.15) is 0 Å². The average Bonchev–Trinajstić information content (AvgIpc) is 2.58. The lowest BCUT2D eigenvalue weighted by molar-refractivity contribution is 0.00578. The molecule has 0 atom stereocenters. The molecular weight excluding hydrogens is 278 g/mol. The highest BCUT2D eigenvalue weighted by Gasteiger charge is 2.53. The van der Waals surface area contributed by atoms with E-state index in [-0.39, 0.29) is 11.1 Å². The van der Waals surface area contributed by atoms with Crippen molar-refractivity contribution in [3.63, 3.8) is 0 Å². The van der Waals surface area contributed by atoms with Gasteiger partial charge in [-0.1, -0.05) is 52.0 Å². The second kappa shape index (κ2) is 6.28. The van der Waals surface area contributed by atoms with E-state index in [1.54, 1.807) is 6.08 Å². The van der Waals surface area contributed by atoms with E-state index in [9.17, 15) is 4.39 Å². The fraction of sp³-hybridized carbons (Fsp3) is 0.889. The normalized spacial score (nSPS) is 26.5. The van der Waals surface area contributed by atoms with Crippen molar-refractivity contribution in [3.8, 4) is 0 Å². The van der Waals surface area contributed by atoms with Crippen molar-refractivity contribution >= 4 is 7.12 Å². The zero-order chi connectivity index (χ0) is 16.6. The molecule has 1 heterocycles. The molecule has 4 heteroatoms. The third kappa shape index (κ3) is 4.14. The Hall–Kier alpha value is -0.345. The molecule has 0 spiro atoms. The molecule has 2 rings (SSSR count). The predicted octanol–water partition coefficient (Wildman–Crippen LogP) is 5.47. The second-order valence-corrected chi connectivity index (χ2v) is 8.81. The minimum absolute atomic E-state index is 0.157. The van der Waals surface area contributed by atoms with Crippen LogP contribution in [0.3, 0.4) is 0 Å². The zero-order valence-electron chi connectivity index (χ0n) is 15.2. The van der Waals surface area contributed by atoms with E-state index in [0.717, 1.165) is 12.3 Å². The van der Waals surface area contributed by atoms with Crippen LogP contribution in [0.2, 0.25) is 0 Å². The van der Waals surface area contributed by atoms with Crippen LogP contribution in [-0.2, 0) is 9.31 Å². The summed E-state index contributed by atoms with van der Waals surface area (Å²) in [5.74, 6) is 0.728. The minimum Gasteiger partial charge on any atom is -0.398 e. The largest absolute Gasteiger partial charge is 0.524 e. The van der Waals surface area contributed by atoms with E-state index in [1.807, 2.05) is 27.7 Å². The number of hydrogen-bond donors (Lipinski definition) is 0. The standard InChI is InChI=1S/C18H32BFO2/c1-16(2,12-14-10-8-7-9-11-14)13-15(20)19-21-17(3,4)18(5,6)22-19/h13-14H,7-12H2,1-6H3. The molecule has 0 aromatic rings. The van der Waals surface area contributed by atoms with Gasteiger partial charge in [-0.15, -0.1) is 0 Å². The maximum atomic E-state index is 14.7. The molecule has 1 aliphatic carbocycles. The van der Waals surface area contributed by atoms with Gasteiger partial charge >= 0.3 is 7.12 Å². The molecule has 1 aliphatic heterocycles. The number of rotatable bonds is 4. The summed E-state index contributed by atoms with van der Waals surface area (Å²) >= 11 is 0. The molecule has 0 bridgehead atoms. The molecule has 0 radical (unpaired) electrons. The Morgan fingerprint density at radius 3 is 2.09 bits per heavy atom. The number of hydrogen-bond acceptors (Lipinski definition) is 2. The molecule has 2 fully saturated rings. The van der Waals surface area contributed by atoms with E-state index in [4.69, 9.17) is 9.31 Å². The van der Waals surface area contributed by atoms with Crippen LogP contribution in [-0.4, -0.2) is 18.3 Å². The minimum atomic E-state index is -0.865. The third-order valence-corrected chi connectivity index (χ3v) is 5.55. The Balaban J connectivity index is 2.01. The van der Waals surface area contributed by atoms with Crippen LogP contribution in [0.4, 0.5) is 4.39 Å². The highest BCUT2D eigenvalue weighted by atomic mass is 19.1. The lowest BCUT2D eigenvalue weighted by Gasteiger charge is -2.32. The van der Waals surface area contributed by atoms with Crippen molar-refractivity contribution in [2.45, 2.75) is 91.3 Å². The van der Waals surface area contributed by atoms with Gasteiger partial charge in [0.1, 0.15) is 5.73 Å². The summed E-state index contributed by atoms with van der Waals surface area (Å²) in [6.45, 7) is 12.0. The fourth-order valence-corrected chi connectivity index (χ4v) is 3.59. The van der Waals surface area contributed by atoms with Crippen LogP contribution in [0, 0.1) is 11.3 Å². The van der Waals surface area contributed by atoms with E-state index in [2.05, 4.69) is 13.8 Å². The molecule has 1 saturated carbocycles. The Morgan fingerprint density at radius 2 is 1.59 bits per heavy atom. The average molecular weight is 310 g/mol. The van der Waals surface area contributed by atoms with E-state index in [0.29, 0.717) is 0 Å². The van der Waals surface area contributed by atoms with Crippen LogP contribution in [0.15, 0.2) is 11.8 Å². The Bertz CT molecular complexity index is 407. The quantitative estimate of drug-likeness (QED) is 0.641. The van der Waals surface area contributed by atoms with Crippen LogP contribution < -0.4 is 0 Å².